The van der Waals surface area contributed by atoms with Gasteiger partial charge in [-0.2, -0.15) is 0 Å². The van der Waals surface area contributed by atoms with E-state index in [9.17, 15) is 4.79 Å². The SMILES string of the molecule is Cc1cccc(C)c1-c1ccccc1C(=O)OCc1ccccc1. The van der Waals surface area contributed by atoms with Crippen LogP contribution in [-0.4, -0.2) is 5.97 Å². The highest BCUT2D eigenvalue weighted by Crippen LogP contribution is 2.30. The quantitative estimate of drug-likeness (QED) is 0.608. The second-order valence-electron chi connectivity index (χ2n) is 5.87. The second-order valence-corrected chi connectivity index (χ2v) is 5.87. The van der Waals surface area contributed by atoms with Crippen molar-refractivity contribution in [3.8, 4) is 11.1 Å². The molecule has 0 saturated carbocycles. The highest BCUT2D eigenvalue weighted by molar-refractivity contribution is 5.98. The van der Waals surface area contributed by atoms with Crippen LogP contribution in [0.1, 0.15) is 27.0 Å². The van der Waals surface area contributed by atoms with E-state index in [2.05, 4.69) is 26.0 Å². The summed E-state index contributed by atoms with van der Waals surface area (Å²) in [6.45, 7) is 4.41. The molecule has 0 bridgehead atoms. The molecule has 0 atom stereocenters. The molecule has 0 aliphatic heterocycles. The van der Waals surface area contributed by atoms with Crippen LogP contribution in [0.3, 0.4) is 0 Å². The predicted molar refractivity (Wildman–Crippen MR) is 96.9 cm³/mol. The summed E-state index contributed by atoms with van der Waals surface area (Å²) in [5.41, 5.74) is 5.91. The van der Waals surface area contributed by atoms with Crippen molar-refractivity contribution in [2.75, 3.05) is 0 Å². The molecule has 3 aromatic carbocycles. The molecule has 0 saturated heterocycles. The Labute approximate surface area is 142 Å². The van der Waals surface area contributed by atoms with E-state index in [0.717, 1.165) is 27.8 Å². The molecule has 0 radical (unpaired) electrons. The molecule has 0 unspecified atom stereocenters. The standard InChI is InChI=1S/C22H20O2/c1-16-9-8-10-17(2)21(16)19-13-6-7-14-20(19)22(23)24-15-18-11-4-3-5-12-18/h3-14H,15H2,1-2H3. The summed E-state index contributed by atoms with van der Waals surface area (Å²) in [4.78, 5) is 12.6. The number of benzene rings is 3. The Balaban J connectivity index is 1.91. The first kappa shape index (κ1) is 16.0. The van der Waals surface area contributed by atoms with Crippen molar-refractivity contribution in [2.45, 2.75) is 20.5 Å². The third-order valence-corrected chi connectivity index (χ3v) is 4.11. The van der Waals surface area contributed by atoms with E-state index in [1.807, 2.05) is 60.7 Å². The summed E-state index contributed by atoms with van der Waals surface area (Å²) < 4.78 is 5.52. The lowest BCUT2D eigenvalue weighted by molar-refractivity contribution is 0.0473. The van der Waals surface area contributed by atoms with E-state index in [1.54, 1.807) is 0 Å². The zero-order chi connectivity index (χ0) is 16.9. The van der Waals surface area contributed by atoms with E-state index >= 15 is 0 Å². The highest BCUT2D eigenvalue weighted by atomic mass is 16.5. The Morgan fingerprint density at radius 1 is 0.792 bits per heavy atom. The van der Waals surface area contributed by atoms with Crippen LogP contribution in [0.2, 0.25) is 0 Å². The number of ether oxygens (including phenoxy) is 1. The minimum absolute atomic E-state index is 0.279. The summed E-state index contributed by atoms with van der Waals surface area (Å²) >= 11 is 0. The molecule has 0 aliphatic carbocycles. The van der Waals surface area contributed by atoms with Crippen molar-refractivity contribution in [3.05, 3.63) is 95.1 Å². The van der Waals surface area contributed by atoms with Crippen LogP contribution in [-0.2, 0) is 11.3 Å². The largest absolute Gasteiger partial charge is 0.457 e. The van der Waals surface area contributed by atoms with E-state index < -0.39 is 0 Å². The minimum Gasteiger partial charge on any atom is -0.457 e. The summed E-state index contributed by atoms with van der Waals surface area (Å²) in [6, 6.07) is 23.5. The van der Waals surface area contributed by atoms with E-state index in [-0.39, 0.29) is 12.6 Å². The van der Waals surface area contributed by atoms with E-state index in [4.69, 9.17) is 4.74 Å². The average Bonchev–Trinajstić information content (AvgIpc) is 2.61. The molecule has 0 spiro atoms. The molecule has 0 N–H and O–H groups in total. The van der Waals surface area contributed by atoms with Gasteiger partial charge in [-0.1, -0.05) is 66.7 Å². The van der Waals surface area contributed by atoms with Gasteiger partial charge in [0.1, 0.15) is 6.61 Å². The molecule has 0 aromatic heterocycles. The van der Waals surface area contributed by atoms with Crippen molar-refractivity contribution in [1.82, 2.24) is 0 Å². The fourth-order valence-electron chi connectivity index (χ4n) is 2.92. The van der Waals surface area contributed by atoms with E-state index in [0.29, 0.717) is 5.56 Å². The molecule has 0 heterocycles. The van der Waals surface area contributed by atoms with Crippen LogP contribution in [0.4, 0.5) is 0 Å². The van der Waals surface area contributed by atoms with Crippen molar-refractivity contribution in [2.24, 2.45) is 0 Å². The molecular weight excluding hydrogens is 296 g/mol. The van der Waals surface area contributed by atoms with E-state index in [1.165, 1.54) is 0 Å². The molecular formula is C22H20O2. The predicted octanol–water partition coefficient (Wildman–Crippen LogP) is 5.33. The fourth-order valence-corrected chi connectivity index (χ4v) is 2.92. The summed E-state index contributed by atoms with van der Waals surface area (Å²) in [6.07, 6.45) is 0. The first-order valence-corrected chi connectivity index (χ1v) is 8.03. The van der Waals surface area contributed by atoms with Crippen LogP contribution >= 0.6 is 0 Å². The van der Waals surface area contributed by atoms with Gasteiger partial charge in [-0.25, -0.2) is 4.79 Å². The number of rotatable bonds is 4. The first-order valence-electron chi connectivity index (χ1n) is 8.03. The average molecular weight is 316 g/mol. The maximum Gasteiger partial charge on any atom is 0.339 e. The van der Waals surface area contributed by atoms with Gasteiger partial charge in [0.15, 0.2) is 0 Å². The zero-order valence-corrected chi connectivity index (χ0v) is 14.0. The first-order chi connectivity index (χ1) is 11.7. The minimum atomic E-state index is -0.294. The van der Waals surface area contributed by atoms with Gasteiger partial charge < -0.3 is 4.74 Å². The molecule has 3 aromatic rings. The maximum atomic E-state index is 12.6. The normalized spacial score (nSPS) is 10.4. The van der Waals surface area contributed by atoms with Gasteiger partial charge in [-0.3, -0.25) is 0 Å². The molecule has 2 nitrogen and oxygen atoms in total. The Kier molecular flexibility index (Phi) is 4.76. The van der Waals surface area contributed by atoms with Crippen LogP contribution in [0.5, 0.6) is 0 Å². The van der Waals surface area contributed by atoms with Crippen LogP contribution < -0.4 is 0 Å². The van der Waals surface area contributed by atoms with Crippen molar-refractivity contribution in [1.29, 1.82) is 0 Å². The van der Waals surface area contributed by atoms with Gasteiger partial charge in [-0.05, 0) is 47.7 Å². The molecule has 0 fully saturated rings. The maximum absolute atomic E-state index is 12.6. The number of aryl methyl sites for hydroxylation is 2. The van der Waals surface area contributed by atoms with Crippen molar-refractivity contribution < 1.29 is 9.53 Å². The lowest BCUT2D eigenvalue weighted by atomic mass is 9.92. The third-order valence-electron chi connectivity index (χ3n) is 4.11. The molecule has 3 rings (SSSR count). The highest BCUT2D eigenvalue weighted by Gasteiger charge is 2.16. The van der Waals surface area contributed by atoms with Crippen LogP contribution in [0.15, 0.2) is 72.8 Å². The van der Waals surface area contributed by atoms with Gasteiger partial charge in [0.25, 0.3) is 0 Å². The zero-order valence-electron chi connectivity index (χ0n) is 14.0. The molecule has 24 heavy (non-hydrogen) atoms. The Morgan fingerprint density at radius 2 is 1.42 bits per heavy atom. The van der Waals surface area contributed by atoms with Gasteiger partial charge in [0.05, 0.1) is 5.56 Å². The summed E-state index contributed by atoms with van der Waals surface area (Å²) in [7, 11) is 0. The number of hydrogen-bond acceptors (Lipinski definition) is 2. The smallest absolute Gasteiger partial charge is 0.339 e. The number of carbonyl (C=O) groups is 1. The van der Waals surface area contributed by atoms with Crippen LogP contribution in [0, 0.1) is 13.8 Å². The third kappa shape index (κ3) is 3.38. The van der Waals surface area contributed by atoms with Gasteiger partial charge in [-0.15, -0.1) is 0 Å². The Hall–Kier alpha value is -2.87. The molecule has 0 amide bonds. The number of esters is 1. The van der Waals surface area contributed by atoms with Gasteiger partial charge in [0.2, 0.25) is 0 Å². The van der Waals surface area contributed by atoms with Gasteiger partial charge >= 0.3 is 5.97 Å². The van der Waals surface area contributed by atoms with Crippen molar-refractivity contribution >= 4 is 5.97 Å². The molecule has 120 valence electrons. The fraction of sp³-hybridized carbons (Fsp3) is 0.136. The monoisotopic (exact) mass is 316 g/mol. The Morgan fingerprint density at radius 3 is 2.12 bits per heavy atom. The lowest BCUT2D eigenvalue weighted by Crippen LogP contribution is -2.07. The second kappa shape index (κ2) is 7.14. The molecule has 0 aliphatic rings. The summed E-state index contributed by atoms with van der Waals surface area (Å²) in [5.74, 6) is -0.294. The topological polar surface area (TPSA) is 26.3 Å². The van der Waals surface area contributed by atoms with Gasteiger partial charge in [0, 0.05) is 0 Å². The lowest BCUT2D eigenvalue weighted by Gasteiger charge is -2.14. The Bertz CT molecular complexity index is 831. The van der Waals surface area contributed by atoms with Crippen LogP contribution in [0.25, 0.3) is 11.1 Å². The number of carbonyl (C=O) groups excluding carboxylic acids is 1. The molecule has 2 heteroatoms. The van der Waals surface area contributed by atoms with Crippen molar-refractivity contribution in [3.63, 3.8) is 0 Å². The summed E-state index contributed by atoms with van der Waals surface area (Å²) in [5, 5.41) is 0. The number of hydrogen-bond donors (Lipinski definition) is 0.